The molecular formula is C16H20N6O2. The number of hydrogen-bond acceptors (Lipinski definition) is 5. The molecule has 0 saturated heterocycles. The maximum atomic E-state index is 12.0. The Balaban J connectivity index is 1.53. The van der Waals surface area contributed by atoms with E-state index in [9.17, 15) is 9.59 Å². The lowest BCUT2D eigenvalue weighted by Crippen LogP contribution is -2.29. The van der Waals surface area contributed by atoms with Crippen molar-refractivity contribution in [2.45, 2.75) is 26.7 Å². The van der Waals surface area contributed by atoms with Crippen molar-refractivity contribution in [3.05, 3.63) is 30.1 Å². The molecular weight excluding hydrogens is 308 g/mol. The summed E-state index contributed by atoms with van der Waals surface area (Å²) < 4.78 is 1.54. The summed E-state index contributed by atoms with van der Waals surface area (Å²) in [5, 5.41) is 16.7. The number of nitrogens with zero attached hydrogens (tertiary/aromatic N) is 4. The van der Waals surface area contributed by atoms with Gasteiger partial charge in [0.2, 0.25) is 11.8 Å². The summed E-state index contributed by atoms with van der Waals surface area (Å²) in [6, 6.07) is 5.53. The Bertz CT molecular complexity index is 743. The molecule has 0 aliphatic heterocycles. The standard InChI is InChI=1S/C16H20N6O2/c1-10-3-4-12(8-14(10)22-9-18-20-21-22)19-15(23)5-6-17-16(24)13-7-11(13)2/h3-4,8-9,11,13H,5-7H2,1-2H3,(H,17,24)(H,19,23)/t11-,13+/m0/s1. The molecule has 0 bridgehead atoms. The van der Waals surface area contributed by atoms with Crippen LogP contribution in [0.15, 0.2) is 24.5 Å². The number of nitrogens with one attached hydrogen (secondary N) is 2. The first-order valence-corrected chi connectivity index (χ1v) is 7.96. The van der Waals surface area contributed by atoms with Crippen LogP contribution in [-0.4, -0.2) is 38.6 Å². The highest BCUT2D eigenvalue weighted by Gasteiger charge is 2.38. The minimum atomic E-state index is -0.148. The average Bonchev–Trinajstić information content (AvgIpc) is 3.06. The highest BCUT2D eigenvalue weighted by molar-refractivity contribution is 5.91. The molecule has 2 N–H and O–H groups in total. The van der Waals surface area contributed by atoms with Crippen molar-refractivity contribution in [1.82, 2.24) is 25.5 Å². The number of aryl methyl sites for hydroxylation is 1. The van der Waals surface area contributed by atoms with Crippen molar-refractivity contribution >= 4 is 17.5 Å². The fourth-order valence-corrected chi connectivity index (χ4v) is 2.55. The highest BCUT2D eigenvalue weighted by atomic mass is 16.2. The lowest BCUT2D eigenvalue weighted by Gasteiger charge is -2.10. The summed E-state index contributed by atoms with van der Waals surface area (Å²) in [6.45, 7) is 4.34. The van der Waals surface area contributed by atoms with Gasteiger partial charge in [-0.05, 0) is 47.4 Å². The van der Waals surface area contributed by atoms with Crippen LogP contribution in [-0.2, 0) is 9.59 Å². The van der Waals surface area contributed by atoms with Crippen LogP contribution in [0.1, 0.15) is 25.3 Å². The van der Waals surface area contributed by atoms with E-state index in [1.165, 1.54) is 6.33 Å². The number of amides is 2. The third kappa shape index (κ3) is 3.76. The number of rotatable bonds is 6. The van der Waals surface area contributed by atoms with E-state index in [0.717, 1.165) is 17.7 Å². The molecule has 0 spiro atoms. The number of hydrogen-bond donors (Lipinski definition) is 2. The quantitative estimate of drug-likeness (QED) is 0.826. The molecule has 3 rings (SSSR count). The van der Waals surface area contributed by atoms with E-state index in [2.05, 4.69) is 33.1 Å². The van der Waals surface area contributed by atoms with Crippen molar-refractivity contribution in [3.63, 3.8) is 0 Å². The van der Waals surface area contributed by atoms with Gasteiger partial charge in [0.1, 0.15) is 6.33 Å². The van der Waals surface area contributed by atoms with Crippen LogP contribution in [0.25, 0.3) is 5.69 Å². The van der Waals surface area contributed by atoms with Crippen LogP contribution in [0, 0.1) is 18.8 Å². The van der Waals surface area contributed by atoms with Gasteiger partial charge in [0.25, 0.3) is 0 Å². The van der Waals surface area contributed by atoms with Gasteiger partial charge in [-0.2, -0.15) is 0 Å². The van der Waals surface area contributed by atoms with Crippen molar-refractivity contribution in [3.8, 4) is 5.69 Å². The first kappa shape index (κ1) is 16.1. The van der Waals surface area contributed by atoms with E-state index in [4.69, 9.17) is 0 Å². The zero-order valence-corrected chi connectivity index (χ0v) is 13.7. The molecule has 1 aliphatic carbocycles. The molecule has 1 aliphatic rings. The Morgan fingerprint density at radius 2 is 2.17 bits per heavy atom. The number of tetrazole rings is 1. The molecule has 126 valence electrons. The summed E-state index contributed by atoms with van der Waals surface area (Å²) in [7, 11) is 0. The third-order valence-corrected chi connectivity index (χ3v) is 4.19. The number of benzene rings is 1. The van der Waals surface area contributed by atoms with E-state index < -0.39 is 0 Å². The second-order valence-electron chi connectivity index (χ2n) is 6.16. The van der Waals surface area contributed by atoms with E-state index in [1.54, 1.807) is 4.68 Å². The minimum absolute atomic E-state index is 0.0478. The molecule has 1 heterocycles. The van der Waals surface area contributed by atoms with Gasteiger partial charge >= 0.3 is 0 Å². The van der Waals surface area contributed by atoms with E-state index in [-0.39, 0.29) is 24.2 Å². The lowest BCUT2D eigenvalue weighted by molar-refractivity contribution is -0.122. The SMILES string of the molecule is Cc1ccc(NC(=O)CCNC(=O)[C@@H]2C[C@@H]2C)cc1-n1cnnn1. The summed E-state index contributed by atoms with van der Waals surface area (Å²) in [4.78, 5) is 23.7. The van der Waals surface area contributed by atoms with Crippen LogP contribution < -0.4 is 10.6 Å². The molecule has 0 radical (unpaired) electrons. The second-order valence-corrected chi connectivity index (χ2v) is 6.16. The monoisotopic (exact) mass is 328 g/mol. The van der Waals surface area contributed by atoms with Gasteiger partial charge in [0.05, 0.1) is 5.69 Å². The topological polar surface area (TPSA) is 102 Å². The predicted molar refractivity (Wildman–Crippen MR) is 87.4 cm³/mol. The Labute approximate surface area is 139 Å². The summed E-state index contributed by atoms with van der Waals surface area (Å²) >= 11 is 0. The average molecular weight is 328 g/mol. The number of anilines is 1. The minimum Gasteiger partial charge on any atom is -0.355 e. The zero-order valence-electron chi connectivity index (χ0n) is 13.7. The smallest absolute Gasteiger partial charge is 0.226 e. The third-order valence-electron chi connectivity index (χ3n) is 4.19. The van der Waals surface area contributed by atoms with Gasteiger partial charge in [0, 0.05) is 24.6 Å². The maximum Gasteiger partial charge on any atom is 0.226 e. The number of aromatic nitrogens is 4. The molecule has 1 saturated carbocycles. The van der Waals surface area contributed by atoms with Crippen molar-refractivity contribution < 1.29 is 9.59 Å². The first-order valence-electron chi connectivity index (χ1n) is 7.96. The highest BCUT2D eigenvalue weighted by Crippen LogP contribution is 2.37. The normalized spacial score (nSPS) is 18.9. The Hall–Kier alpha value is -2.77. The van der Waals surface area contributed by atoms with E-state index in [1.807, 2.05) is 25.1 Å². The van der Waals surface area contributed by atoms with Crippen LogP contribution in [0.5, 0.6) is 0 Å². The summed E-state index contributed by atoms with van der Waals surface area (Å²) in [6.07, 6.45) is 2.69. The van der Waals surface area contributed by atoms with Gasteiger partial charge in [-0.15, -0.1) is 5.10 Å². The molecule has 24 heavy (non-hydrogen) atoms. The van der Waals surface area contributed by atoms with Crippen LogP contribution in [0.3, 0.4) is 0 Å². The molecule has 0 unspecified atom stereocenters. The fourth-order valence-electron chi connectivity index (χ4n) is 2.55. The van der Waals surface area contributed by atoms with Crippen LogP contribution in [0.4, 0.5) is 5.69 Å². The summed E-state index contributed by atoms with van der Waals surface area (Å²) in [5.41, 5.74) is 2.46. The van der Waals surface area contributed by atoms with E-state index >= 15 is 0 Å². The Morgan fingerprint density at radius 3 is 2.83 bits per heavy atom. The Morgan fingerprint density at radius 1 is 1.38 bits per heavy atom. The molecule has 1 fully saturated rings. The molecule has 8 nitrogen and oxygen atoms in total. The maximum absolute atomic E-state index is 12.0. The molecule has 2 amide bonds. The zero-order chi connectivity index (χ0) is 17.1. The Kier molecular flexibility index (Phi) is 4.54. The van der Waals surface area contributed by atoms with E-state index in [0.29, 0.717) is 18.2 Å². The van der Waals surface area contributed by atoms with Gasteiger partial charge in [0.15, 0.2) is 0 Å². The van der Waals surface area contributed by atoms with Crippen LogP contribution >= 0.6 is 0 Å². The van der Waals surface area contributed by atoms with Crippen LogP contribution in [0.2, 0.25) is 0 Å². The largest absolute Gasteiger partial charge is 0.355 e. The van der Waals surface area contributed by atoms with Crippen molar-refractivity contribution in [2.75, 3.05) is 11.9 Å². The number of carbonyl (C=O) groups is 2. The number of carbonyl (C=O) groups excluding carboxylic acids is 2. The van der Waals surface area contributed by atoms with Gasteiger partial charge < -0.3 is 10.6 Å². The lowest BCUT2D eigenvalue weighted by atomic mass is 10.2. The van der Waals surface area contributed by atoms with Gasteiger partial charge in [-0.1, -0.05) is 13.0 Å². The first-order chi connectivity index (χ1) is 11.5. The molecule has 1 aromatic carbocycles. The predicted octanol–water partition coefficient (Wildman–Crippen LogP) is 1.07. The second kappa shape index (κ2) is 6.77. The molecule has 2 aromatic rings. The van der Waals surface area contributed by atoms with Gasteiger partial charge in [-0.25, -0.2) is 4.68 Å². The molecule has 2 atom stereocenters. The molecule has 1 aromatic heterocycles. The van der Waals surface area contributed by atoms with Crippen molar-refractivity contribution in [2.24, 2.45) is 11.8 Å². The van der Waals surface area contributed by atoms with Crippen molar-refractivity contribution in [1.29, 1.82) is 0 Å². The fraction of sp³-hybridized carbons (Fsp3) is 0.438. The van der Waals surface area contributed by atoms with Gasteiger partial charge in [-0.3, -0.25) is 9.59 Å². The summed E-state index contributed by atoms with van der Waals surface area (Å²) in [5.74, 6) is 0.498. The molecule has 8 heteroatoms.